The highest BCUT2D eigenvalue weighted by molar-refractivity contribution is 5.74. The molecule has 4 atom stereocenters. The third-order valence-electron chi connectivity index (χ3n) is 5.67. The van der Waals surface area contributed by atoms with E-state index in [0.717, 1.165) is 38.9 Å². The Morgan fingerprint density at radius 3 is 2.78 bits per heavy atom. The van der Waals surface area contributed by atoms with Gasteiger partial charge in [-0.15, -0.1) is 0 Å². The number of hydrogen-bond acceptors (Lipinski definition) is 4. The van der Waals surface area contributed by atoms with Crippen molar-refractivity contribution in [2.24, 2.45) is 11.8 Å². The second-order valence-electron chi connectivity index (χ2n) is 7.51. The molecule has 0 unspecified atom stereocenters. The fourth-order valence-corrected chi connectivity index (χ4v) is 4.35. The van der Waals surface area contributed by atoms with Crippen molar-refractivity contribution in [3.8, 4) is 5.88 Å². The van der Waals surface area contributed by atoms with E-state index in [1.54, 1.807) is 6.20 Å². The number of likely N-dealkylation sites (tertiary alicyclic amines) is 1. The first-order valence-electron chi connectivity index (χ1n) is 9.84. The molecule has 3 heterocycles. The number of ether oxygens (including phenoxy) is 1. The maximum atomic E-state index is 12.4. The van der Waals surface area contributed by atoms with Crippen molar-refractivity contribution in [2.45, 2.75) is 38.3 Å². The molecular weight excluding hydrogens is 342 g/mol. The lowest BCUT2D eigenvalue weighted by molar-refractivity contribution is 0.0459. The molecule has 2 aromatic rings. The van der Waals surface area contributed by atoms with Crippen molar-refractivity contribution in [3.05, 3.63) is 42.9 Å². The summed E-state index contributed by atoms with van der Waals surface area (Å²) >= 11 is 0. The first-order valence-corrected chi connectivity index (χ1v) is 9.84. The molecule has 144 valence electrons. The van der Waals surface area contributed by atoms with Crippen LogP contribution in [0, 0.1) is 11.8 Å². The molecule has 27 heavy (non-hydrogen) atoms. The maximum Gasteiger partial charge on any atom is 0.317 e. The fourth-order valence-electron chi connectivity index (χ4n) is 4.35. The number of amides is 2. The van der Waals surface area contributed by atoms with Crippen LogP contribution < -0.4 is 10.1 Å². The highest BCUT2D eigenvalue weighted by Crippen LogP contribution is 2.42. The van der Waals surface area contributed by atoms with E-state index in [2.05, 4.69) is 22.3 Å². The van der Waals surface area contributed by atoms with Crippen molar-refractivity contribution in [1.82, 2.24) is 25.0 Å². The number of carbonyl (C=O) groups is 1. The second-order valence-corrected chi connectivity index (χ2v) is 7.51. The van der Waals surface area contributed by atoms with Gasteiger partial charge >= 0.3 is 6.03 Å². The summed E-state index contributed by atoms with van der Waals surface area (Å²) in [6.07, 6.45) is 8.38. The molecule has 1 saturated heterocycles. The van der Waals surface area contributed by atoms with Crippen LogP contribution in [-0.4, -0.2) is 51.4 Å². The largest absolute Gasteiger partial charge is 0.472 e. The van der Waals surface area contributed by atoms with E-state index < -0.39 is 0 Å². The van der Waals surface area contributed by atoms with Gasteiger partial charge in [0.05, 0.1) is 6.04 Å². The molecule has 1 saturated carbocycles. The molecule has 7 nitrogen and oxygen atoms in total. The minimum atomic E-state index is -0.000275. The zero-order valence-electron chi connectivity index (χ0n) is 15.7. The van der Waals surface area contributed by atoms with Crippen LogP contribution in [0.25, 0.3) is 0 Å². The van der Waals surface area contributed by atoms with Gasteiger partial charge in [-0.3, -0.25) is 4.68 Å². The van der Waals surface area contributed by atoms with Gasteiger partial charge in [-0.05, 0) is 43.2 Å². The van der Waals surface area contributed by atoms with Crippen LogP contribution >= 0.6 is 0 Å². The summed E-state index contributed by atoms with van der Waals surface area (Å²) in [6, 6.07) is 7.88. The second kappa shape index (κ2) is 7.98. The van der Waals surface area contributed by atoms with Crippen molar-refractivity contribution in [3.63, 3.8) is 0 Å². The molecule has 1 N–H and O–H groups in total. The first kappa shape index (κ1) is 17.8. The number of carbonyl (C=O) groups excluding carboxylic acids is 1. The Hall–Kier alpha value is -2.57. The molecule has 4 rings (SSSR count). The molecule has 1 aliphatic heterocycles. The van der Waals surface area contributed by atoms with Gasteiger partial charge < -0.3 is 15.0 Å². The molecule has 2 amide bonds. The molecule has 2 aliphatic rings. The average molecular weight is 369 g/mol. The van der Waals surface area contributed by atoms with Gasteiger partial charge in [-0.2, -0.15) is 5.10 Å². The van der Waals surface area contributed by atoms with Crippen LogP contribution in [0.1, 0.15) is 32.2 Å². The quantitative estimate of drug-likeness (QED) is 0.880. The van der Waals surface area contributed by atoms with Gasteiger partial charge in [0, 0.05) is 44.3 Å². The molecule has 1 aliphatic carbocycles. The van der Waals surface area contributed by atoms with Crippen LogP contribution in [0.5, 0.6) is 5.88 Å². The van der Waals surface area contributed by atoms with E-state index in [9.17, 15) is 4.79 Å². The van der Waals surface area contributed by atoms with E-state index >= 15 is 0 Å². The lowest BCUT2D eigenvalue weighted by atomic mass is 9.77. The summed E-state index contributed by atoms with van der Waals surface area (Å²) in [4.78, 5) is 18.7. The standard InChI is InChI=1S/C20H27N5O2/c1-2-7-22-20(26)24-13-15-11-17(25-10-5-9-23-25)18(12-16(15)14-24)27-19-6-3-4-8-21-19/h3-6,8-10,15-18H,2,7,11-14H2,1H3,(H,22,26)/t15-,16+,17-,18-/m0/s1. The lowest BCUT2D eigenvalue weighted by Gasteiger charge is -2.37. The zero-order valence-corrected chi connectivity index (χ0v) is 15.7. The molecule has 0 spiro atoms. The van der Waals surface area contributed by atoms with E-state index in [1.807, 2.05) is 46.2 Å². The SMILES string of the molecule is CCCNC(=O)N1C[C@H]2C[C@H](Oc3ccccn3)[C@@H](n3cccn3)C[C@H]2C1. The Balaban J connectivity index is 1.49. The predicted octanol–water partition coefficient (Wildman–Crippen LogP) is 2.73. The number of pyridine rings is 1. The third kappa shape index (κ3) is 3.91. The van der Waals surface area contributed by atoms with Crippen molar-refractivity contribution in [2.75, 3.05) is 19.6 Å². The minimum absolute atomic E-state index is 0.000275. The van der Waals surface area contributed by atoms with E-state index in [0.29, 0.717) is 17.7 Å². The average Bonchev–Trinajstić information content (AvgIpc) is 3.35. The number of nitrogens with one attached hydrogen (secondary N) is 1. The third-order valence-corrected chi connectivity index (χ3v) is 5.67. The maximum absolute atomic E-state index is 12.4. The van der Waals surface area contributed by atoms with Gasteiger partial charge in [0.15, 0.2) is 0 Å². The van der Waals surface area contributed by atoms with E-state index in [-0.39, 0.29) is 18.2 Å². The Kier molecular flexibility index (Phi) is 5.27. The lowest BCUT2D eigenvalue weighted by Crippen LogP contribution is -2.40. The van der Waals surface area contributed by atoms with E-state index in [1.165, 1.54) is 0 Å². The van der Waals surface area contributed by atoms with Crippen LogP contribution in [-0.2, 0) is 0 Å². The van der Waals surface area contributed by atoms with Crippen LogP contribution in [0.4, 0.5) is 4.79 Å². The summed E-state index contributed by atoms with van der Waals surface area (Å²) in [5, 5.41) is 7.47. The molecular formula is C20H27N5O2. The summed E-state index contributed by atoms with van der Waals surface area (Å²) in [7, 11) is 0. The van der Waals surface area contributed by atoms with Crippen molar-refractivity contribution in [1.29, 1.82) is 0 Å². The van der Waals surface area contributed by atoms with Crippen molar-refractivity contribution < 1.29 is 9.53 Å². The molecule has 2 aromatic heterocycles. The topological polar surface area (TPSA) is 72.3 Å². The molecule has 0 aromatic carbocycles. The summed E-state index contributed by atoms with van der Waals surface area (Å²) in [6.45, 7) is 4.41. The van der Waals surface area contributed by atoms with Crippen LogP contribution in [0.2, 0.25) is 0 Å². The Labute approximate surface area is 159 Å². The number of nitrogens with zero attached hydrogens (tertiary/aromatic N) is 4. The van der Waals surface area contributed by atoms with Gasteiger partial charge in [-0.25, -0.2) is 9.78 Å². The zero-order chi connectivity index (χ0) is 18.6. The van der Waals surface area contributed by atoms with Crippen molar-refractivity contribution >= 4 is 6.03 Å². The summed E-state index contributed by atoms with van der Waals surface area (Å²) in [5.41, 5.74) is 0. The summed E-state index contributed by atoms with van der Waals surface area (Å²) in [5.74, 6) is 1.58. The van der Waals surface area contributed by atoms with Gasteiger partial charge in [-0.1, -0.05) is 13.0 Å². The number of hydrogen-bond donors (Lipinski definition) is 1. The minimum Gasteiger partial charge on any atom is -0.472 e. The smallest absolute Gasteiger partial charge is 0.317 e. The number of aromatic nitrogens is 3. The Morgan fingerprint density at radius 2 is 2.07 bits per heavy atom. The normalized spacial score (nSPS) is 27.2. The van der Waals surface area contributed by atoms with Gasteiger partial charge in [0.1, 0.15) is 6.10 Å². The van der Waals surface area contributed by atoms with E-state index in [4.69, 9.17) is 4.74 Å². The molecule has 0 bridgehead atoms. The number of rotatable bonds is 5. The monoisotopic (exact) mass is 369 g/mol. The first-order chi connectivity index (χ1) is 13.2. The summed E-state index contributed by atoms with van der Waals surface area (Å²) < 4.78 is 8.27. The molecule has 7 heteroatoms. The fraction of sp³-hybridized carbons (Fsp3) is 0.550. The van der Waals surface area contributed by atoms with Gasteiger partial charge in [0.25, 0.3) is 0 Å². The van der Waals surface area contributed by atoms with Crippen LogP contribution in [0.15, 0.2) is 42.9 Å². The highest BCUT2D eigenvalue weighted by Gasteiger charge is 2.45. The molecule has 0 radical (unpaired) electrons. The Morgan fingerprint density at radius 1 is 1.22 bits per heavy atom. The number of fused-ring (bicyclic) bond motifs is 1. The molecule has 2 fully saturated rings. The Bertz CT molecular complexity index is 736. The highest BCUT2D eigenvalue weighted by atomic mass is 16.5. The van der Waals surface area contributed by atoms with Crippen LogP contribution in [0.3, 0.4) is 0 Å². The number of urea groups is 1. The predicted molar refractivity (Wildman–Crippen MR) is 101 cm³/mol. The van der Waals surface area contributed by atoms with Gasteiger partial charge in [0.2, 0.25) is 5.88 Å².